The lowest BCUT2D eigenvalue weighted by Crippen LogP contribution is -2.53. The number of nitrogens with two attached hydrogens (primary N) is 1. The highest BCUT2D eigenvalue weighted by Crippen LogP contribution is 2.37. The van der Waals surface area contributed by atoms with Gasteiger partial charge in [0.1, 0.15) is 12.4 Å². The van der Waals surface area contributed by atoms with Gasteiger partial charge in [0, 0.05) is 5.75 Å². The molecule has 1 saturated heterocycles. The molecule has 0 aromatic rings. The van der Waals surface area contributed by atoms with Crippen LogP contribution in [-0.4, -0.2) is 34.6 Å². The van der Waals surface area contributed by atoms with Crippen molar-refractivity contribution in [2.24, 2.45) is 5.73 Å². The van der Waals surface area contributed by atoms with E-state index >= 15 is 0 Å². The van der Waals surface area contributed by atoms with Crippen molar-refractivity contribution >= 4 is 23.6 Å². The molecule has 0 spiro atoms. The first-order valence-corrected chi connectivity index (χ1v) is 5.30. The van der Waals surface area contributed by atoms with Crippen molar-refractivity contribution < 1.29 is 14.3 Å². The maximum atomic E-state index is 11.4. The van der Waals surface area contributed by atoms with Gasteiger partial charge in [-0.05, 0) is 6.08 Å². The zero-order valence-corrected chi connectivity index (χ0v) is 8.25. The van der Waals surface area contributed by atoms with Gasteiger partial charge in [0.15, 0.2) is 0 Å². The fourth-order valence-electron chi connectivity index (χ4n) is 1.48. The number of hydrogen-bond donors (Lipinski definition) is 1. The summed E-state index contributed by atoms with van der Waals surface area (Å²) in [5.74, 6) is 0.206. The zero-order chi connectivity index (χ0) is 10.1. The monoisotopic (exact) mass is 214 g/mol. The molecule has 76 valence electrons. The van der Waals surface area contributed by atoms with Crippen LogP contribution in [-0.2, 0) is 14.3 Å². The number of amides is 1. The van der Waals surface area contributed by atoms with Crippen LogP contribution in [0.2, 0.25) is 0 Å². The molecule has 2 aliphatic rings. The fraction of sp³-hybridized carbons (Fsp3) is 0.500. The number of rotatable bonds is 2. The number of ether oxygens (including phenoxy) is 1. The van der Waals surface area contributed by atoms with Crippen molar-refractivity contribution in [3.05, 3.63) is 11.8 Å². The summed E-state index contributed by atoms with van der Waals surface area (Å²) in [4.78, 5) is 24.1. The van der Waals surface area contributed by atoms with E-state index in [1.54, 1.807) is 17.8 Å². The van der Waals surface area contributed by atoms with Crippen LogP contribution < -0.4 is 5.73 Å². The number of nitrogens with zero attached hydrogens (tertiary/aromatic N) is 1. The van der Waals surface area contributed by atoms with Crippen LogP contribution in [0.15, 0.2) is 11.8 Å². The highest BCUT2D eigenvalue weighted by molar-refractivity contribution is 8.00. The minimum absolute atomic E-state index is 0.0255. The van der Waals surface area contributed by atoms with Gasteiger partial charge in [-0.3, -0.25) is 15.4 Å². The third-order valence-corrected chi connectivity index (χ3v) is 3.28. The molecule has 0 aliphatic carbocycles. The normalized spacial score (nSPS) is 24.9. The van der Waals surface area contributed by atoms with Crippen molar-refractivity contribution in [3.63, 3.8) is 0 Å². The summed E-state index contributed by atoms with van der Waals surface area (Å²) in [5.41, 5.74) is 5.43. The molecule has 1 atom stereocenters. The standard InChI is InChI=1S/C8H10N2O3S/c9-4-13-8(12)5-1-2-14-7-3-6(11)10(5)7/h1,7H,2-4,9H2/t7-/m1/s1. The number of thioether (sulfide) groups is 1. The fourth-order valence-corrected chi connectivity index (χ4v) is 2.59. The Morgan fingerprint density at radius 1 is 1.79 bits per heavy atom. The highest BCUT2D eigenvalue weighted by atomic mass is 32.2. The van der Waals surface area contributed by atoms with Gasteiger partial charge in [0.2, 0.25) is 5.91 Å². The highest BCUT2D eigenvalue weighted by Gasteiger charge is 2.43. The maximum absolute atomic E-state index is 11.4. The Kier molecular flexibility index (Phi) is 2.47. The van der Waals surface area contributed by atoms with Crippen LogP contribution >= 0.6 is 11.8 Å². The summed E-state index contributed by atoms with van der Waals surface area (Å²) in [7, 11) is 0. The Morgan fingerprint density at radius 2 is 2.57 bits per heavy atom. The lowest BCUT2D eigenvalue weighted by atomic mass is 10.1. The maximum Gasteiger partial charge on any atom is 0.356 e. The molecule has 0 saturated carbocycles. The van der Waals surface area contributed by atoms with Gasteiger partial charge in [-0.25, -0.2) is 4.79 Å². The van der Waals surface area contributed by atoms with Crippen molar-refractivity contribution in [3.8, 4) is 0 Å². The molecule has 5 nitrogen and oxygen atoms in total. The molecule has 0 radical (unpaired) electrons. The number of esters is 1. The molecule has 2 aliphatic heterocycles. The van der Waals surface area contributed by atoms with Gasteiger partial charge < -0.3 is 4.74 Å². The molecule has 6 heteroatoms. The average Bonchev–Trinajstić information content (AvgIpc) is 2.16. The van der Waals surface area contributed by atoms with Gasteiger partial charge in [-0.2, -0.15) is 0 Å². The molecular formula is C8H10N2O3S. The SMILES string of the molecule is NCOC(=O)C1=CCS[C@@H]2CC(=O)N12. The Morgan fingerprint density at radius 3 is 3.21 bits per heavy atom. The van der Waals surface area contributed by atoms with Gasteiger partial charge >= 0.3 is 5.97 Å². The molecular weight excluding hydrogens is 204 g/mol. The van der Waals surface area contributed by atoms with E-state index in [2.05, 4.69) is 4.74 Å². The minimum atomic E-state index is -0.508. The van der Waals surface area contributed by atoms with Gasteiger partial charge in [-0.15, -0.1) is 11.8 Å². The largest absolute Gasteiger partial charge is 0.445 e. The molecule has 14 heavy (non-hydrogen) atoms. The van der Waals surface area contributed by atoms with Crippen LogP contribution in [0.4, 0.5) is 0 Å². The van der Waals surface area contributed by atoms with Gasteiger partial charge in [0.25, 0.3) is 0 Å². The van der Waals surface area contributed by atoms with Crippen molar-refractivity contribution in [1.29, 1.82) is 0 Å². The van der Waals surface area contributed by atoms with E-state index in [0.29, 0.717) is 12.1 Å². The van der Waals surface area contributed by atoms with E-state index in [4.69, 9.17) is 5.73 Å². The first kappa shape index (κ1) is 9.54. The second kappa shape index (κ2) is 3.62. The predicted octanol–water partition coefficient (Wildman–Crippen LogP) is -0.365. The third-order valence-electron chi connectivity index (χ3n) is 2.15. The number of carbonyl (C=O) groups excluding carboxylic acids is 2. The number of fused-ring (bicyclic) bond motifs is 1. The Balaban J connectivity index is 2.13. The molecule has 0 unspecified atom stereocenters. The molecule has 1 fully saturated rings. The predicted molar refractivity (Wildman–Crippen MR) is 50.9 cm³/mol. The zero-order valence-electron chi connectivity index (χ0n) is 7.43. The van der Waals surface area contributed by atoms with E-state index in [1.165, 1.54) is 4.90 Å². The summed E-state index contributed by atoms with van der Waals surface area (Å²) in [6.07, 6.45) is 2.22. The molecule has 0 aromatic carbocycles. The van der Waals surface area contributed by atoms with E-state index in [0.717, 1.165) is 5.75 Å². The van der Waals surface area contributed by atoms with Crippen LogP contribution in [0.5, 0.6) is 0 Å². The molecule has 2 rings (SSSR count). The Labute approximate surface area is 85.3 Å². The molecule has 1 amide bonds. The van der Waals surface area contributed by atoms with Crippen molar-refractivity contribution in [2.75, 3.05) is 12.5 Å². The minimum Gasteiger partial charge on any atom is -0.445 e. The molecule has 0 aromatic heterocycles. The second-order valence-corrected chi connectivity index (χ2v) is 4.15. The van der Waals surface area contributed by atoms with Gasteiger partial charge in [0.05, 0.1) is 11.8 Å². The first-order valence-electron chi connectivity index (χ1n) is 4.25. The summed E-state index contributed by atoms with van der Waals surface area (Å²) in [6, 6.07) is 0. The Hall–Kier alpha value is -1.01. The van der Waals surface area contributed by atoms with E-state index in [9.17, 15) is 9.59 Å². The average molecular weight is 214 g/mol. The van der Waals surface area contributed by atoms with E-state index in [-0.39, 0.29) is 18.0 Å². The second-order valence-electron chi connectivity index (χ2n) is 2.94. The third kappa shape index (κ3) is 1.40. The number of hydrogen-bond acceptors (Lipinski definition) is 5. The summed E-state index contributed by atoms with van der Waals surface area (Å²) in [6.45, 7) is -0.157. The van der Waals surface area contributed by atoms with E-state index in [1.807, 2.05) is 0 Å². The summed E-state index contributed by atoms with van der Waals surface area (Å²) >= 11 is 1.65. The van der Waals surface area contributed by atoms with E-state index < -0.39 is 5.97 Å². The quantitative estimate of drug-likeness (QED) is 0.386. The van der Waals surface area contributed by atoms with Crippen LogP contribution in [0, 0.1) is 0 Å². The number of carbonyl (C=O) groups is 2. The van der Waals surface area contributed by atoms with Crippen molar-refractivity contribution in [1.82, 2.24) is 4.90 Å². The lowest BCUT2D eigenvalue weighted by Gasteiger charge is -2.42. The van der Waals surface area contributed by atoms with Crippen LogP contribution in [0.3, 0.4) is 0 Å². The van der Waals surface area contributed by atoms with Gasteiger partial charge in [-0.1, -0.05) is 0 Å². The summed E-state index contributed by atoms with van der Waals surface area (Å²) < 4.78 is 4.65. The topological polar surface area (TPSA) is 72.6 Å². The smallest absolute Gasteiger partial charge is 0.356 e. The van der Waals surface area contributed by atoms with Crippen LogP contribution in [0.1, 0.15) is 6.42 Å². The molecule has 2 N–H and O–H groups in total. The molecule has 0 bridgehead atoms. The van der Waals surface area contributed by atoms with Crippen LogP contribution in [0.25, 0.3) is 0 Å². The number of β-lactam (4-membered cyclic amide) rings is 1. The van der Waals surface area contributed by atoms with Crippen molar-refractivity contribution in [2.45, 2.75) is 11.8 Å². The Bertz CT molecular complexity index is 316. The lowest BCUT2D eigenvalue weighted by molar-refractivity contribution is -0.149. The molecule has 2 heterocycles. The summed E-state index contributed by atoms with van der Waals surface area (Å²) in [5, 5.41) is 0.118. The first-order chi connectivity index (χ1) is 6.74.